The molecule has 0 spiro atoms. The highest BCUT2D eigenvalue weighted by molar-refractivity contribution is 5.95. The first-order valence-corrected chi connectivity index (χ1v) is 10.3. The smallest absolute Gasteiger partial charge is 0.406 e. The average molecular weight is 473 g/mol. The van der Waals surface area contributed by atoms with Gasteiger partial charge in [-0.25, -0.2) is 14.2 Å². The zero-order chi connectivity index (χ0) is 24.3. The van der Waals surface area contributed by atoms with E-state index in [0.29, 0.717) is 31.9 Å². The molecule has 1 aromatic heterocycles. The molecule has 7 nitrogen and oxygen atoms in total. The highest BCUT2D eigenvalue weighted by atomic mass is 19.4. The maximum atomic E-state index is 13.6. The van der Waals surface area contributed by atoms with Crippen LogP contribution in [0.1, 0.15) is 11.3 Å². The van der Waals surface area contributed by atoms with Crippen LogP contribution in [0.5, 0.6) is 5.75 Å². The van der Waals surface area contributed by atoms with Crippen molar-refractivity contribution in [1.29, 1.82) is 0 Å². The lowest BCUT2D eigenvalue weighted by Crippen LogP contribution is -2.50. The molecular weight excluding hydrogens is 454 g/mol. The Balaban J connectivity index is 1.40. The van der Waals surface area contributed by atoms with Gasteiger partial charge in [0, 0.05) is 44.1 Å². The number of ether oxygens (including phenoxy) is 1. The number of imidazole rings is 1. The van der Waals surface area contributed by atoms with Crippen LogP contribution in [-0.2, 0) is 17.9 Å². The van der Waals surface area contributed by atoms with Crippen LogP contribution in [0.3, 0.4) is 0 Å². The number of nitrogens with zero attached hydrogens (tertiary/aromatic N) is 5. The van der Waals surface area contributed by atoms with Crippen LogP contribution in [0, 0.1) is 12.4 Å². The Morgan fingerprint density at radius 3 is 2.68 bits per heavy atom. The number of amides is 1. The van der Waals surface area contributed by atoms with E-state index < -0.39 is 12.2 Å². The van der Waals surface area contributed by atoms with E-state index in [1.807, 2.05) is 9.47 Å². The summed E-state index contributed by atoms with van der Waals surface area (Å²) in [7, 11) is 0. The molecule has 0 atom stereocenters. The van der Waals surface area contributed by atoms with Crippen molar-refractivity contribution in [3.63, 3.8) is 0 Å². The van der Waals surface area contributed by atoms with Crippen LogP contribution >= 0.6 is 0 Å². The molecule has 1 amide bonds. The fraction of sp³-hybridized carbons (Fsp3) is 0.261. The first-order valence-electron chi connectivity index (χ1n) is 10.3. The molecule has 0 radical (unpaired) electrons. The molecule has 1 fully saturated rings. The quantitative estimate of drug-likeness (QED) is 0.394. The number of alkyl halides is 3. The van der Waals surface area contributed by atoms with Gasteiger partial charge in [0.1, 0.15) is 11.6 Å². The maximum absolute atomic E-state index is 13.6. The van der Waals surface area contributed by atoms with E-state index >= 15 is 0 Å². The van der Waals surface area contributed by atoms with E-state index in [1.165, 1.54) is 35.2 Å². The Labute approximate surface area is 192 Å². The fourth-order valence-electron chi connectivity index (χ4n) is 3.77. The third-order valence-corrected chi connectivity index (χ3v) is 5.33. The summed E-state index contributed by atoms with van der Waals surface area (Å²) < 4.78 is 56.9. The molecule has 0 N–H and O–H groups in total. The second-order valence-electron chi connectivity index (χ2n) is 7.71. The van der Waals surface area contributed by atoms with Crippen LogP contribution in [0.4, 0.5) is 28.9 Å². The molecule has 1 saturated heterocycles. The highest BCUT2D eigenvalue weighted by Crippen LogP contribution is 2.28. The Morgan fingerprint density at radius 1 is 1.12 bits per heavy atom. The van der Waals surface area contributed by atoms with Crippen LogP contribution in [-0.4, -0.2) is 46.4 Å². The van der Waals surface area contributed by atoms with Gasteiger partial charge in [0.25, 0.3) is 0 Å². The molecule has 0 unspecified atom stereocenters. The Morgan fingerprint density at radius 2 is 1.94 bits per heavy atom. The SMILES string of the molecule is [C-]#[N+]c1cc(Cn2cncc2CN2CCN(c3cccc(OC(F)(F)F)c3)C(=O)C2)ccc1F. The molecule has 1 aliphatic heterocycles. The minimum atomic E-state index is -4.81. The number of anilines is 1. The topological polar surface area (TPSA) is 55.0 Å². The van der Waals surface area contributed by atoms with Gasteiger partial charge in [-0.2, -0.15) is 0 Å². The Bertz CT molecular complexity index is 1230. The molecule has 176 valence electrons. The Kier molecular flexibility index (Phi) is 6.51. The van der Waals surface area contributed by atoms with Crippen molar-refractivity contribution in [2.24, 2.45) is 0 Å². The Hall–Kier alpha value is -3.91. The van der Waals surface area contributed by atoms with E-state index in [-0.39, 0.29) is 23.9 Å². The predicted octanol–water partition coefficient (Wildman–Crippen LogP) is 4.37. The van der Waals surface area contributed by atoms with Crippen LogP contribution < -0.4 is 9.64 Å². The van der Waals surface area contributed by atoms with Crippen LogP contribution in [0.15, 0.2) is 55.0 Å². The van der Waals surface area contributed by atoms with Crippen LogP contribution in [0.25, 0.3) is 4.85 Å². The van der Waals surface area contributed by atoms with Crippen molar-refractivity contribution >= 4 is 17.3 Å². The number of rotatable bonds is 6. The summed E-state index contributed by atoms with van der Waals surface area (Å²) in [6.07, 6.45) is -1.51. The minimum Gasteiger partial charge on any atom is -0.406 e. The summed E-state index contributed by atoms with van der Waals surface area (Å²) in [6.45, 7) is 8.75. The summed E-state index contributed by atoms with van der Waals surface area (Å²) in [4.78, 5) is 23.4. The van der Waals surface area contributed by atoms with Crippen LogP contribution in [0.2, 0.25) is 0 Å². The number of aromatic nitrogens is 2. The first kappa shape index (κ1) is 23.3. The van der Waals surface area contributed by atoms with Gasteiger partial charge >= 0.3 is 6.36 Å². The zero-order valence-electron chi connectivity index (χ0n) is 17.8. The summed E-state index contributed by atoms with van der Waals surface area (Å²) in [6, 6.07) is 9.69. The number of hydrogen-bond acceptors (Lipinski definition) is 4. The van der Waals surface area contributed by atoms with Gasteiger partial charge in [0.05, 0.1) is 25.1 Å². The van der Waals surface area contributed by atoms with Crippen molar-refractivity contribution < 1.29 is 27.1 Å². The number of benzene rings is 2. The van der Waals surface area contributed by atoms with Crippen molar-refractivity contribution in [3.8, 4) is 5.75 Å². The molecule has 0 aliphatic carbocycles. The molecule has 1 aliphatic rings. The summed E-state index contributed by atoms with van der Waals surface area (Å²) >= 11 is 0. The van der Waals surface area contributed by atoms with Gasteiger partial charge in [0.15, 0.2) is 0 Å². The largest absolute Gasteiger partial charge is 0.573 e. The molecular formula is C23H19F4N5O2. The standard InChI is InChI=1S/C23H19F4N5O2/c1-28-21-9-16(5-6-20(21)24)12-31-15-29-11-18(31)13-30-7-8-32(22(33)14-30)17-3-2-4-19(10-17)34-23(25,26)27/h2-6,9-11,15H,7-8,12-14H2. The normalized spacial score (nSPS) is 14.8. The highest BCUT2D eigenvalue weighted by Gasteiger charge is 2.32. The predicted molar refractivity (Wildman–Crippen MR) is 115 cm³/mol. The minimum absolute atomic E-state index is 0.0504. The van der Waals surface area contributed by atoms with Gasteiger partial charge in [-0.3, -0.25) is 9.69 Å². The van der Waals surface area contributed by atoms with Crippen molar-refractivity contribution in [2.45, 2.75) is 19.5 Å². The first-order chi connectivity index (χ1) is 16.2. The number of halogens is 4. The molecule has 2 heterocycles. The lowest BCUT2D eigenvalue weighted by atomic mass is 10.2. The van der Waals surface area contributed by atoms with Gasteiger partial charge in [-0.15, -0.1) is 13.2 Å². The number of hydrogen-bond donors (Lipinski definition) is 0. The molecule has 0 saturated carbocycles. The van der Waals surface area contributed by atoms with E-state index in [2.05, 4.69) is 14.6 Å². The number of piperazine rings is 1. The van der Waals surface area contributed by atoms with E-state index in [0.717, 1.165) is 11.3 Å². The summed E-state index contributed by atoms with van der Waals surface area (Å²) in [5.74, 6) is -1.20. The monoisotopic (exact) mass is 473 g/mol. The third-order valence-electron chi connectivity index (χ3n) is 5.33. The summed E-state index contributed by atoms with van der Waals surface area (Å²) in [5.41, 5.74) is 1.86. The van der Waals surface area contributed by atoms with Gasteiger partial charge in [-0.05, 0) is 29.8 Å². The lowest BCUT2D eigenvalue weighted by Gasteiger charge is -2.34. The lowest BCUT2D eigenvalue weighted by molar-refractivity contribution is -0.274. The molecule has 0 bridgehead atoms. The van der Waals surface area contributed by atoms with E-state index in [4.69, 9.17) is 6.57 Å². The van der Waals surface area contributed by atoms with E-state index in [1.54, 1.807) is 24.7 Å². The second-order valence-corrected chi connectivity index (χ2v) is 7.71. The molecule has 3 aromatic rings. The fourth-order valence-corrected chi connectivity index (χ4v) is 3.77. The average Bonchev–Trinajstić information content (AvgIpc) is 3.20. The number of carbonyl (C=O) groups is 1. The van der Waals surface area contributed by atoms with Crippen molar-refractivity contribution in [3.05, 3.63) is 83.5 Å². The van der Waals surface area contributed by atoms with Gasteiger partial charge < -0.3 is 14.2 Å². The third kappa shape index (κ3) is 5.52. The molecule has 34 heavy (non-hydrogen) atoms. The van der Waals surface area contributed by atoms with Gasteiger partial charge in [0.2, 0.25) is 11.6 Å². The molecule has 2 aromatic carbocycles. The molecule has 11 heteroatoms. The van der Waals surface area contributed by atoms with E-state index in [9.17, 15) is 22.4 Å². The second kappa shape index (κ2) is 9.52. The van der Waals surface area contributed by atoms with Gasteiger partial charge in [-0.1, -0.05) is 12.1 Å². The number of carbonyl (C=O) groups excluding carboxylic acids is 1. The van der Waals surface area contributed by atoms with Crippen molar-refractivity contribution in [2.75, 3.05) is 24.5 Å². The maximum Gasteiger partial charge on any atom is 0.573 e. The molecule has 4 rings (SSSR count). The summed E-state index contributed by atoms with van der Waals surface area (Å²) in [5, 5.41) is 0. The van der Waals surface area contributed by atoms with Crippen molar-refractivity contribution in [1.82, 2.24) is 14.5 Å². The zero-order valence-corrected chi connectivity index (χ0v) is 17.8.